The van der Waals surface area contributed by atoms with E-state index in [-0.39, 0.29) is 17.3 Å². The molecule has 10 nitrogen and oxygen atoms in total. The van der Waals surface area contributed by atoms with Crippen molar-refractivity contribution in [1.29, 1.82) is 0 Å². The van der Waals surface area contributed by atoms with Crippen LogP contribution in [0.25, 0.3) is 10.6 Å². The molecule has 0 radical (unpaired) electrons. The van der Waals surface area contributed by atoms with Crippen LogP contribution in [0.2, 0.25) is 0 Å². The summed E-state index contributed by atoms with van der Waals surface area (Å²) in [5, 5.41) is 16.4. The fourth-order valence-corrected chi connectivity index (χ4v) is 4.22. The molecule has 1 aliphatic rings. The second-order valence-corrected chi connectivity index (χ2v) is 8.86. The summed E-state index contributed by atoms with van der Waals surface area (Å²) >= 11 is 0. The van der Waals surface area contributed by atoms with Crippen molar-refractivity contribution >= 4 is 44.7 Å². The molecule has 182 valence electrons. The molecule has 1 aliphatic heterocycles. The summed E-state index contributed by atoms with van der Waals surface area (Å²) in [6.45, 7) is 5.55. The molecule has 0 saturated carbocycles. The van der Waals surface area contributed by atoms with Gasteiger partial charge in [0.25, 0.3) is 0 Å². The van der Waals surface area contributed by atoms with Crippen LogP contribution < -0.4 is 9.62 Å². The zero-order valence-electron chi connectivity index (χ0n) is 18.7. The molecule has 0 aliphatic carbocycles. The number of hydrogen-bond acceptors (Lipinski definition) is 6. The average Bonchev–Trinajstić information content (AvgIpc) is 3.12. The molecule has 0 unspecified atom stereocenters. The highest BCUT2D eigenvalue weighted by atomic mass is 32.2. The van der Waals surface area contributed by atoms with E-state index in [2.05, 4.69) is 25.8 Å². The quantitative estimate of drug-likeness (QED) is 0.487. The van der Waals surface area contributed by atoms with E-state index in [0.29, 0.717) is 36.8 Å². The van der Waals surface area contributed by atoms with Crippen molar-refractivity contribution in [3.05, 3.63) is 28.3 Å². The van der Waals surface area contributed by atoms with E-state index in [1.54, 1.807) is 29.5 Å². The zero-order valence-corrected chi connectivity index (χ0v) is 19.5. The van der Waals surface area contributed by atoms with Gasteiger partial charge in [0.1, 0.15) is 5.69 Å². The van der Waals surface area contributed by atoms with E-state index >= 15 is 0 Å². The van der Waals surface area contributed by atoms with Gasteiger partial charge in [0, 0.05) is 18.8 Å². The first-order valence-electron chi connectivity index (χ1n) is 10.3. The van der Waals surface area contributed by atoms with Crippen molar-refractivity contribution in [1.82, 2.24) is 9.55 Å². The maximum absolute atomic E-state index is 13.1. The van der Waals surface area contributed by atoms with Gasteiger partial charge in [-0.1, -0.05) is 32.7 Å². The fraction of sp³-hybridized carbons (Fsp3) is 0.526. The van der Waals surface area contributed by atoms with Gasteiger partial charge in [-0.2, -0.15) is 26.7 Å². The normalized spacial score (nSPS) is 14.5. The first-order valence-corrected chi connectivity index (χ1v) is 11.8. The number of aromatic nitrogens is 2. The lowest BCUT2D eigenvalue weighted by Crippen LogP contribution is -2.31. The van der Waals surface area contributed by atoms with Gasteiger partial charge < -0.3 is 25.1 Å². The van der Waals surface area contributed by atoms with Crippen LogP contribution in [-0.2, 0) is 23.0 Å². The summed E-state index contributed by atoms with van der Waals surface area (Å²) in [5.41, 5.74) is -4.33. The number of fused-ring (bicyclic) bond motifs is 1. The molecule has 3 rings (SSSR count). The minimum atomic E-state index is -5.65. The Labute approximate surface area is 190 Å². The highest BCUT2D eigenvalue weighted by Crippen LogP contribution is 2.41. The SMILES string of the molecule is CCN1CCCc2cc(N=Nc3nc([N-]C)c([N-]C)n3CC)c(NS(=O)(=O)C(F)(F)F)cc21. The number of halogens is 3. The number of sulfonamides is 1. The topological polar surface area (TPSA) is 120 Å². The van der Waals surface area contributed by atoms with Gasteiger partial charge >= 0.3 is 15.5 Å². The number of nitrogens with one attached hydrogen (secondary N) is 1. The monoisotopic (exact) mass is 486 g/mol. The van der Waals surface area contributed by atoms with Gasteiger partial charge in [-0.25, -0.2) is 0 Å². The number of anilines is 2. The standard InChI is InChI=1S/C19H25F3N8O2S/c1-5-29-9-7-8-12-10-13(14(11-15(12)29)28-33(31,32)19(20,21)22)26-27-18-25-16(23-3)17(24-4)30(18)6-2/h10-11,28H,5-9H2,1-4H3/q-2. The molecule has 0 bridgehead atoms. The van der Waals surface area contributed by atoms with Gasteiger partial charge in [0.15, 0.2) is 0 Å². The number of aryl methyl sites for hydroxylation is 1. The number of imidazole rings is 1. The van der Waals surface area contributed by atoms with E-state index in [9.17, 15) is 21.6 Å². The molecule has 0 saturated heterocycles. The summed E-state index contributed by atoms with van der Waals surface area (Å²) in [5.74, 6) is 0.975. The molecular weight excluding hydrogens is 461 g/mol. The number of azo groups is 1. The van der Waals surface area contributed by atoms with Crippen LogP contribution >= 0.6 is 0 Å². The number of benzene rings is 1. The fourth-order valence-electron chi connectivity index (χ4n) is 3.65. The first-order chi connectivity index (χ1) is 15.6. The zero-order chi connectivity index (χ0) is 24.4. The smallest absolute Gasteiger partial charge is 0.469 e. The molecule has 2 aromatic rings. The Morgan fingerprint density at radius 3 is 2.45 bits per heavy atom. The molecule has 33 heavy (non-hydrogen) atoms. The van der Waals surface area contributed by atoms with E-state index in [1.165, 1.54) is 6.07 Å². The average molecular weight is 487 g/mol. The molecule has 0 atom stereocenters. The number of alkyl halides is 3. The van der Waals surface area contributed by atoms with Crippen molar-refractivity contribution in [3.8, 4) is 0 Å². The first kappa shape index (κ1) is 24.6. The molecule has 0 fully saturated rings. The summed E-state index contributed by atoms with van der Waals surface area (Å²) in [6.07, 6.45) is 1.54. The van der Waals surface area contributed by atoms with E-state index < -0.39 is 15.5 Å². The second kappa shape index (κ2) is 9.45. The van der Waals surface area contributed by atoms with Gasteiger partial charge in [0.2, 0.25) is 0 Å². The van der Waals surface area contributed by atoms with Crippen molar-refractivity contribution in [2.75, 3.05) is 36.8 Å². The lowest BCUT2D eigenvalue weighted by molar-refractivity contribution is -0.0429. The molecule has 1 N–H and O–H groups in total. The van der Waals surface area contributed by atoms with Gasteiger partial charge in [-0.05, 0) is 44.0 Å². The minimum absolute atomic E-state index is 0.0462. The summed E-state index contributed by atoms with van der Waals surface area (Å²) in [7, 11) is -2.53. The minimum Gasteiger partial charge on any atom is -0.469 e. The summed E-state index contributed by atoms with van der Waals surface area (Å²) in [6, 6.07) is 2.94. The summed E-state index contributed by atoms with van der Waals surface area (Å²) in [4.78, 5) is 6.23. The van der Waals surface area contributed by atoms with E-state index in [1.807, 2.05) is 18.7 Å². The van der Waals surface area contributed by atoms with Crippen LogP contribution in [0.3, 0.4) is 0 Å². The molecule has 1 aromatic heterocycles. The van der Waals surface area contributed by atoms with Crippen LogP contribution in [0.5, 0.6) is 0 Å². The highest BCUT2D eigenvalue weighted by Gasteiger charge is 2.46. The number of rotatable bonds is 8. The third-order valence-electron chi connectivity index (χ3n) is 5.23. The Kier molecular flexibility index (Phi) is 7.05. The Morgan fingerprint density at radius 1 is 1.15 bits per heavy atom. The number of nitrogens with zero attached hydrogens (tertiary/aromatic N) is 7. The predicted octanol–water partition coefficient (Wildman–Crippen LogP) is 5.62. The Balaban J connectivity index is 2.12. The Morgan fingerprint density at radius 2 is 1.88 bits per heavy atom. The van der Waals surface area contributed by atoms with Crippen molar-refractivity contribution in [2.24, 2.45) is 10.2 Å². The lowest BCUT2D eigenvalue weighted by atomic mass is 10.0. The Bertz CT molecular complexity index is 1140. The molecular formula is C19H25F3N8O2S-2. The summed E-state index contributed by atoms with van der Waals surface area (Å²) < 4.78 is 66.1. The molecule has 0 amide bonds. The van der Waals surface area contributed by atoms with E-state index in [0.717, 1.165) is 18.5 Å². The molecule has 1 aromatic carbocycles. The third-order valence-corrected chi connectivity index (χ3v) is 6.33. The largest absolute Gasteiger partial charge is 0.516 e. The molecule has 2 heterocycles. The van der Waals surface area contributed by atoms with Crippen LogP contribution in [0.4, 0.5) is 47.8 Å². The Hall–Kier alpha value is -3.03. The molecule has 14 heteroatoms. The van der Waals surface area contributed by atoms with Gasteiger partial charge in [-0.3, -0.25) is 4.72 Å². The van der Waals surface area contributed by atoms with Gasteiger partial charge in [0.05, 0.1) is 11.6 Å². The lowest BCUT2D eigenvalue weighted by Gasteiger charge is -2.31. The van der Waals surface area contributed by atoms with Crippen molar-refractivity contribution in [3.63, 3.8) is 0 Å². The maximum Gasteiger partial charge on any atom is 0.516 e. The van der Waals surface area contributed by atoms with Crippen LogP contribution in [0.15, 0.2) is 22.4 Å². The van der Waals surface area contributed by atoms with Crippen molar-refractivity contribution in [2.45, 2.75) is 38.7 Å². The predicted molar refractivity (Wildman–Crippen MR) is 121 cm³/mol. The molecule has 0 spiro atoms. The highest BCUT2D eigenvalue weighted by molar-refractivity contribution is 7.93. The van der Waals surface area contributed by atoms with E-state index in [4.69, 9.17) is 0 Å². The van der Waals surface area contributed by atoms with Crippen LogP contribution in [0.1, 0.15) is 25.8 Å². The second-order valence-electron chi connectivity index (χ2n) is 7.18. The van der Waals surface area contributed by atoms with Crippen LogP contribution in [0, 0.1) is 0 Å². The third kappa shape index (κ3) is 4.84. The number of hydrogen-bond donors (Lipinski definition) is 1. The van der Waals surface area contributed by atoms with Crippen molar-refractivity contribution < 1.29 is 21.6 Å². The maximum atomic E-state index is 13.1. The van der Waals surface area contributed by atoms with Gasteiger partial charge in [-0.15, -0.1) is 5.11 Å². The van der Waals surface area contributed by atoms with Crippen LogP contribution in [-0.4, -0.2) is 50.7 Å².